The van der Waals surface area contributed by atoms with Crippen molar-refractivity contribution >= 4 is 98.7 Å². The minimum absolute atomic E-state index is 0.104. The van der Waals surface area contributed by atoms with Crippen molar-refractivity contribution in [1.29, 1.82) is 0 Å². The van der Waals surface area contributed by atoms with E-state index in [1.807, 2.05) is 6.07 Å². The van der Waals surface area contributed by atoms with Gasteiger partial charge in [-0.25, -0.2) is 0 Å². The molecule has 0 amide bonds. The molecular formula is C55H36N4O. The van der Waals surface area contributed by atoms with Crippen molar-refractivity contribution < 1.29 is 4.42 Å². The number of para-hydroxylation sites is 4. The van der Waals surface area contributed by atoms with Gasteiger partial charge in [-0.15, -0.1) is 0 Å². The van der Waals surface area contributed by atoms with Crippen molar-refractivity contribution in [1.82, 2.24) is 14.1 Å². The van der Waals surface area contributed by atoms with Crippen LogP contribution in [0.2, 0.25) is 0 Å². The highest BCUT2D eigenvalue weighted by atomic mass is 16.3. The zero-order valence-electron chi connectivity index (χ0n) is 32.7. The lowest BCUT2D eigenvalue weighted by atomic mass is 9.76. The SMILES string of the molecule is CC12C=CC=CC1N(c1ccc3[nH]c4cc5c6cc(-n7c8ccccc8c8ccccc87)ccc6n(-c6ccc7oc8ccccc8c7c6)c5cc4c3c1)c1ccccc12. The van der Waals surface area contributed by atoms with Crippen LogP contribution in [0.3, 0.4) is 0 Å². The molecule has 1 aliphatic heterocycles. The van der Waals surface area contributed by atoms with Gasteiger partial charge in [0.1, 0.15) is 11.2 Å². The number of furan rings is 1. The Hall–Kier alpha value is -7.76. The van der Waals surface area contributed by atoms with Gasteiger partial charge < -0.3 is 23.4 Å². The van der Waals surface area contributed by atoms with E-state index in [2.05, 4.69) is 208 Å². The first-order valence-electron chi connectivity index (χ1n) is 20.8. The second kappa shape index (κ2) is 11.5. The lowest BCUT2D eigenvalue weighted by Crippen LogP contribution is -2.39. The van der Waals surface area contributed by atoms with Gasteiger partial charge in [0.15, 0.2) is 0 Å². The second-order valence-electron chi connectivity index (χ2n) is 16.8. The third-order valence-corrected chi connectivity index (χ3v) is 13.7. The molecule has 5 heteroatoms. The van der Waals surface area contributed by atoms with Crippen LogP contribution in [-0.4, -0.2) is 20.2 Å². The number of aromatic amines is 1. The fourth-order valence-corrected chi connectivity index (χ4v) is 10.9. The minimum atomic E-state index is -0.104. The maximum atomic E-state index is 6.31. The number of H-pyrrole nitrogens is 1. The van der Waals surface area contributed by atoms with E-state index in [0.717, 1.165) is 55.4 Å². The van der Waals surface area contributed by atoms with E-state index in [0.29, 0.717) is 0 Å². The van der Waals surface area contributed by atoms with Crippen LogP contribution in [0.25, 0.3) is 98.7 Å². The Morgan fingerprint density at radius 1 is 0.467 bits per heavy atom. The van der Waals surface area contributed by atoms with Crippen LogP contribution >= 0.6 is 0 Å². The summed E-state index contributed by atoms with van der Waals surface area (Å²) in [6.07, 6.45) is 9.12. The van der Waals surface area contributed by atoms with Crippen LogP contribution in [0.15, 0.2) is 193 Å². The summed E-state index contributed by atoms with van der Waals surface area (Å²) in [6, 6.07) is 60.2. The maximum absolute atomic E-state index is 6.31. The maximum Gasteiger partial charge on any atom is 0.135 e. The molecule has 0 fully saturated rings. The van der Waals surface area contributed by atoms with Gasteiger partial charge in [-0.1, -0.05) is 97.1 Å². The number of aromatic nitrogens is 3. The van der Waals surface area contributed by atoms with Crippen molar-refractivity contribution in [2.75, 3.05) is 4.90 Å². The number of anilines is 2. The molecule has 5 heterocycles. The van der Waals surface area contributed by atoms with Gasteiger partial charge in [0.2, 0.25) is 0 Å². The normalized spacial score (nSPS) is 17.5. The van der Waals surface area contributed by atoms with Crippen molar-refractivity contribution in [3.63, 3.8) is 0 Å². The van der Waals surface area contributed by atoms with Gasteiger partial charge in [0.25, 0.3) is 0 Å². The summed E-state index contributed by atoms with van der Waals surface area (Å²) in [7, 11) is 0. The average Bonchev–Trinajstić information content (AvgIpc) is 4.08. The summed E-state index contributed by atoms with van der Waals surface area (Å²) >= 11 is 0. The molecule has 2 aliphatic rings. The van der Waals surface area contributed by atoms with Crippen molar-refractivity contribution in [3.8, 4) is 11.4 Å². The fraction of sp³-hybridized carbons (Fsp3) is 0.0545. The van der Waals surface area contributed by atoms with E-state index < -0.39 is 0 Å². The number of rotatable bonds is 3. The van der Waals surface area contributed by atoms with Crippen molar-refractivity contribution in [2.45, 2.75) is 18.4 Å². The molecule has 1 N–H and O–H groups in total. The highest BCUT2D eigenvalue weighted by Crippen LogP contribution is 2.52. The molecule has 282 valence electrons. The molecule has 5 nitrogen and oxygen atoms in total. The Bertz CT molecular complexity index is 3830. The summed E-state index contributed by atoms with van der Waals surface area (Å²) in [5, 5.41) is 9.57. The Morgan fingerprint density at radius 3 is 1.93 bits per heavy atom. The summed E-state index contributed by atoms with van der Waals surface area (Å²) in [5.41, 5.74) is 14.7. The quantitative estimate of drug-likeness (QED) is 0.194. The monoisotopic (exact) mass is 768 g/mol. The van der Waals surface area contributed by atoms with Crippen LogP contribution in [0, 0.1) is 0 Å². The molecule has 0 saturated carbocycles. The number of hydrogen-bond acceptors (Lipinski definition) is 2. The fourth-order valence-electron chi connectivity index (χ4n) is 10.9. The summed E-state index contributed by atoms with van der Waals surface area (Å²) in [6.45, 7) is 2.37. The first kappa shape index (κ1) is 32.2. The molecule has 0 bridgehead atoms. The Balaban J connectivity index is 1.04. The van der Waals surface area contributed by atoms with E-state index in [9.17, 15) is 0 Å². The zero-order valence-corrected chi connectivity index (χ0v) is 32.7. The molecule has 2 unspecified atom stereocenters. The summed E-state index contributed by atoms with van der Waals surface area (Å²) in [5.74, 6) is 0. The zero-order chi connectivity index (χ0) is 39.3. The molecule has 0 radical (unpaired) electrons. The van der Waals surface area contributed by atoms with Gasteiger partial charge in [0, 0.05) is 82.3 Å². The second-order valence-corrected chi connectivity index (χ2v) is 16.8. The van der Waals surface area contributed by atoms with E-state index in [1.54, 1.807) is 0 Å². The number of allylic oxidation sites excluding steroid dienone is 2. The molecule has 2 atom stereocenters. The topological polar surface area (TPSA) is 42.0 Å². The number of hydrogen-bond donors (Lipinski definition) is 1. The summed E-state index contributed by atoms with van der Waals surface area (Å²) in [4.78, 5) is 6.38. The first-order valence-corrected chi connectivity index (χ1v) is 20.8. The largest absolute Gasteiger partial charge is 0.456 e. The number of fused-ring (bicyclic) bond motifs is 15. The van der Waals surface area contributed by atoms with Gasteiger partial charge in [0.05, 0.1) is 28.1 Å². The van der Waals surface area contributed by atoms with Crippen LogP contribution in [0.4, 0.5) is 11.4 Å². The lowest BCUT2D eigenvalue weighted by molar-refractivity contribution is 0.551. The van der Waals surface area contributed by atoms with Gasteiger partial charge in [-0.05, 0) is 103 Å². The summed E-state index contributed by atoms with van der Waals surface area (Å²) < 4.78 is 11.2. The minimum Gasteiger partial charge on any atom is -0.456 e. The predicted molar refractivity (Wildman–Crippen MR) is 250 cm³/mol. The standard InChI is InChI=1S/C55H36N4O/c1-55-27-11-10-20-54(55)59(50-18-8-5-15-44(50)55)35-21-24-45-39(28-35)40-32-51-42(31-46(40)56-45)41-29-33(57-47-16-6-2-12-36(47)37-13-3-7-17-48(37)57)22-25-49(41)58(51)34-23-26-53-43(30-34)38-14-4-9-19-52(38)60-53/h2-32,54,56H,1H3. The highest BCUT2D eigenvalue weighted by Gasteiger charge is 2.46. The molecule has 4 aromatic heterocycles. The highest BCUT2D eigenvalue weighted by molar-refractivity contribution is 6.19. The van der Waals surface area contributed by atoms with E-state index in [4.69, 9.17) is 4.42 Å². The number of benzene rings is 8. The predicted octanol–water partition coefficient (Wildman–Crippen LogP) is 14.3. The third-order valence-electron chi connectivity index (χ3n) is 13.7. The molecule has 12 aromatic rings. The molecular weight excluding hydrogens is 733 g/mol. The Morgan fingerprint density at radius 2 is 1.08 bits per heavy atom. The first-order chi connectivity index (χ1) is 29.6. The number of nitrogens with one attached hydrogen (secondary N) is 1. The van der Waals surface area contributed by atoms with Crippen LogP contribution in [0.5, 0.6) is 0 Å². The Labute approximate surface area is 344 Å². The van der Waals surface area contributed by atoms with Crippen LogP contribution < -0.4 is 4.90 Å². The lowest BCUT2D eigenvalue weighted by Gasteiger charge is -2.34. The average molecular weight is 769 g/mol. The molecule has 8 aromatic carbocycles. The van der Waals surface area contributed by atoms with Gasteiger partial charge in [-0.3, -0.25) is 0 Å². The van der Waals surface area contributed by atoms with E-state index in [1.165, 1.54) is 60.3 Å². The van der Waals surface area contributed by atoms with E-state index >= 15 is 0 Å². The smallest absolute Gasteiger partial charge is 0.135 e. The third kappa shape index (κ3) is 4.15. The molecule has 1 aliphatic carbocycles. The van der Waals surface area contributed by atoms with Crippen molar-refractivity contribution in [3.05, 3.63) is 194 Å². The Kier molecular flexibility index (Phi) is 6.15. The van der Waals surface area contributed by atoms with Crippen LogP contribution in [0.1, 0.15) is 12.5 Å². The molecule has 0 spiro atoms. The number of nitrogens with zero attached hydrogens (tertiary/aromatic N) is 3. The molecule has 0 saturated heterocycles. The van der Waals surface area contributed by atoms with E-state index in [-0.39, 0.29) is 11.5 Å². The van der Waals surface area contributed by atoms with Gasteiger partial charge in [-0.2, -0.15) is 0 Å². The van der Waals surface area contributed by atoms with Crippen LogP contribution in [-0.2, 0) is 5.41 Å². The van der Waals surface area contributed by atoms with Crippen molar-refractivity contribution in [2.24, 2.45) is 0 Å². The molecule has 60 heavy (non-hydrogen) atoms. The molecule has 14 rings (SSSR count). The van der Waals surface area contributed by atoms with Gasteiger partial charge >= 0.3 is 0 Å².